The number of benzene rings is 1. The minimum atomic E-state index is -4.65. The van der Waals surface area contributed by atoms with Gasteiger partial charge in [-0.15, -0.1) is 0 Å². The van der Waals surface area contributed by atoms with Crippen molar-refractivity contribution in [3.63, 3.8) is 0 Å². The molecule has 0 aliphatic heterocycles. The number of rotatable bonds is 6. The summed E-state index contributed by atoms with van der Waals surface area (Å²) in [6.07, 6.45) is -4.65. The van der Waals surface area contributed by atoms with Crippen molar-refractivity contribution in [1.29, 1.82) is 0 Å². The first kappa shape index (κ1) is 18.7. The van der Waals surface area contributed by atoms with Crippen molar-refractivity contribution in [2.75, 3.05) is 13.2 Å². The lowest BCUT2D eigenvalue weighted by Crippen LogP contribution is -2.35. The Balaban J connectivity index is 3.19. The summed E-state index contributed by atoms with van der Waals surface area (Å²) in [5.74, 6) is -5.37. The van der Waals surface area contributed by atoms with Gasteiger partial charge >= 0.3 is 18.1 Å². The molecule has 0 unspecified atom stereocenters. The fourth-order valence-corrected chi connectivity index (χ4v) is 1.78. The van der Waals surface area contributed by atoms with Crippen LogP contribution in [0, 0.1) is 5.92 Å². The molecule has 0 bridgehead atoms. The quantitative estimate of drug-likeness (QED) is 0.455. The summed E-state index contributed by atoms with van der Waals surface area (Å²) in [5.41, 5.74) is -1.49. The largest absolute Gasteiger partial charge is 0.465 e. The number of halogens is 3. The lowest BCUT2D eigenvalue weighted by Gasteiger charge is -2.14. The van der Waals surface area contributed by atoms with Crippen LogP contribution in [0.25, 0.3) is 0 Å². The van der Waals surface area contributed by atoms with Crippen LogP contribution >= 0.6 is 0 Å². The second-order valence-corrected chi connectivity index (χ2v) is 4.38. The van der Waals surface area contributed by atoms with E-state index in [0.717, 1.165) is 18.2 Å². The van der Waals surface area contributed by atoms with Gasteiger partial charge in [0.2, 0.25) is 5.92 Å². The van der Waals surface area contributed by atoms with Gasteiger partial charge in [-0.2, -0.15) is 13.2 Å². The second kappa shape index (κ2) is 7.75. The van der Waals surface area contributed by atoms with E-state index < -0.39 is 40.9 Å². The van der Waals surface area contributed by atoms with Gasteiger partial charge in [0, 0.05) is 5.56 Å². The molecule has 0 amide bonds. The minimum absolute atomic E-state index is 0.0926. The molecule has 0 N–H and O–H groups in total. The highest BCUT2D eigenvalue weighted by Gasteiger charge is 2.38. The van der Waals surface area contributed by atoms with Crippen molar-refractivity contribution in [3.05, 3.63) is 35.4 Å². The maximum atomic E-state index is 12.7. The zero-order chi connectivity index (χ0) is 17.6. The van der Waals surface area contributed by atoms with E-state index in [4.69, 9.17) is 0 Å². The Kier molecular flexibility index (Phi) is 6.29. The number of ketones is 1. The summed E-state index contributed by atoms with van der Waals surface area (Å²) in [5, 5.41) is 0. The van der Waals surface area contributed by atoms with E-state index in [9.17, 15) is 27.6 Å². The van der Waals surface area contributed by atoms with E-state index in [0.29, 0.717) is 6.07 Å². The first-order valence-electron chi connectivity index (χ1n) is 6.77. The van der Waals surface area contributed by atoms with Crippen LogP contribution in [0.1, 0.15) is 29.8 Å². The van der Waals surface area contributed by atoms with Crippen LogP contribution in [0.4, 0.5) is 13.2 Å². The monoisotopic (exact) mass is 332 g/mol. The highest BCUT2D eigenvalue weighted by Crippen LogP contribution is 2.30. The van der Waals surface area contributed by atoms with Crippen LogP contribution in [0.5, 0.6) is 0 Å². The Labute approximate surface area is 130 Å². The van der Waals surface area contributed by atoms with Crippen molar-refractivity contribution < 1.29 is 37.0 Å². The fraction of sp³-hybridized carbons (Fsp3) is 0.400. The topological polar surface area (TPSA) is 69.7 Å². The number of alkyl halides is 3. The molecule has 1 aromatic carbocycles. The Morgan fingerprint density at radius 3 is 2.00 bits per heavy atom. The van der Waals surface area contributed by atoms with Crippen molar-refractivity contribution in [2.45, 2.75) is 20.0 Å². The highest BCUT2D eigenvalue weighted by atomic mass is 19.4. The van der Waals surface area contributed by atoms with Crippen molar-refractivity contribution in [1.82, 2.24) is 0 Å². The van der Waals surface area contributed by atoms with Crippen molar-refractivity contribution in [3.8, 4) is 0 Å². The maximum absolute atomic E-state index is 12.7. The van der Waals surface area contributed by atoms with Gasteiger partial charge in [-0.1, -0.05) is 12.1 Å². The average Bonchev–Trinajstić information content (AvgIpc) is 2.47. The zero-order valence-electron chi connectivity index (χ0n) is 12.5. The number of hydrogen-bond acceptors (Lipinski definition) is 5. The molecule has 0 radical (unpaired) electrons. The molecule has 1 aromatic rings. The average molecular weight is 332 g/mol. The van der Waals surface area contributed by atoms with Crippen LogP contribution < -0.4 is 0 Å². The van der Waals surface area contributed by atoms with Gasteiger partial charge < -0.3 is 9.47 Å². The van der Waals surface area contributed by atoms with E-state index in [1.165, 1.54) is 13.8 Å². The summed E-state index contributed by atoms with van der Waals surface area (Å²) < 4.78 is 47.3. The summed E-state index contributed by atoms with van der Waals surface area (Å²) in [6, 6.07) is 3.46. The van der Waals surface area contributed by atoms with Gasteiger partial charge in [-0.3, -0.25) is 14.4 Å². The molecule has 0 aromatic heterocycles. The lowest BCUT2D eigenvalue weighted by atomic mass is 9.96. The Morgan fingerprint density at radius 2 is 1.57 bits per heavy atom. The fourth-order valence-electron chi connectivity index (χ4n) is 1.78. The molecule has 0 aliphatic rings. The predicted octanol–water partition coefficient (Wildman–Crippen LogP) is 2.63. The Bertz CT molecular complexity index is 577. The number of Topliss-reactive ketones (excluding diaryl/α,β-unsaturated/α-hetero) is 1. The molecule has 0 spiro atoms. The molecule has 0 saturated heterocycles. The highest BCUT2D eigenvalue weighted by molar-refractivity contribution is 6.20. The normalized spacial score (nSPS) is 11.2. The van der Waals surface area contributed by atoms with Gasteiger partial charge in [0.1, 0.15) is 0 Å². The predicted molar refractivity (Wildman–Crippen MR) is 72.5 cm³/mol. The number of hydrogen-bond donors (Lipinski definition) is 0. The molecule has 0 fully saturated rings. The van der Waals surface area contributed by atoms with E-state index >= 15 is 0 Å². The van der Waals surface area contributed by atoms with E-state index in [1.54, 1.807) is 0 Å². The van der Waals surface area contributed by atoms with Crippen LogP contribution in [-0.2, 0) is 25.2 Å². The molecule has 5 nitrogen and oxygen atoms in total. The summed E-state index contributed by atoms with van der Waals surface area (Å²) in [7, 11) is 0. The van der Waals surface area contributed by atoms with Gasteiger partial charge in [0.25, 0.3) is 0 Å². The number of carbonyl (C=O) groups excluding carboxylic acids is 3. The van der Waals surface area contributed by atoms with Gasteiger partial charge in [-0.05, 0) is 26.0 Å². The molecule has 8 heteroatoms. The van der Waals surface area contributed by atoms with Crippen LogP contribution in [0.15, 0.2) is 24.3 Å². The molecule has 1 rings (SSSR count). The van der Waals surface area contributed by atoms with E-state index in [1.807, 2.05) is 0 Å². The third kappa shape index (κ3) is 4.80. The maximum Gasteiger partial charge on any atom is 0.416 e. The van der Waals surface area contributed by atoms with E-state index in [-0.39, 0.29) is 13.2 Å². The Morgan fingerprint density at radius 1 is 1.04 bits per heavy atom. The molecule has 126 valence electrons. The molecule has 0 atom stereocenters. The van der Waals surface area contributed by atoms with E-state index in [2.05, 4.69) is 9.47 Å². The first-order chi connectivity index (χ1) is 10.7. The molecule has 0 heterocycles. The number of ether oxygens (including phenoxy) is 2. The van der Waals surface area contributed by atoms with Gasteiger partial charge in [0.15, 0.2) is 5.78 Å². The number of esters is 2. The first-order valence-corrected chi connectivity index (χ1v) is 6.77. The molecular weight excluding hydrogens is 317 g/mol. The Hall–Kier alpha value is -2.38. The lowest BCUT2D eigenvalue weighted by molar-refractivity contribution is -0.158. The molecule has 0 aliphatic carbocycles. The van der Waals surface area contributed by atoms with Crippen molar-refractivity contribution in [2.24, 2.45) is 5.92 Å². The molecule has 23 heavy (non-hydrogen) atoms. The summed E-state index contributed by atoms with van der Waals surface area (Å²) in [6.45, 7) is 2.75. The second-order valence-electron chi connectivity index (χ2n) is 4.38. The van der Waals surface area contributed by atoms with Gasteiger partial charge in [-0.25, -0.2) is 0 Å². The smallest absolute Gasteiger partial charge is 0.416 e. The van der Waals surface area contributed by atoms with Crippen LogP contribution in [-0.4, -0.2) is 30.9 Å². The minimum Gasteiger partial charge on any atom is -0.465 e. The number of carbonyl (C=O) groups is 3. The third-order valence-electron chi connectivity index (χ3n) is 2.78. The standard InChI is InChI=1S/C15H15F3O5/c1-3-22-13(20)11(14(21)23-4-2)12(19)9-6-5-7-10(8-9)15(16,17)18/h5-8,11H,3-4H2,1-2H3. The van der Waals surface area contributed by atoms with Crippen LogP contribution in [0.2, 0.25) is 0 Å². The molecule has 0 saturated carbocycles. The van der Waals surface area contributed by atoms with Crippen molar-refractivity contribution >= 4 is 17.7 Å². The van der Waals surface area contributed by atoms with Gasteiger partial charge in [0.05, 0.1) is 18.8 Å². The zero-order valence-corrected chi connectivity index (χ0v) is 12.5. The molecular formula is C15H15F3O5. The SMILES string of the molecule is CCOC(=O)C(C(=O)OCC)C(=O)c1cccc(C(F)(F)F)c1. The summed E-state index contributed by atoms with van der Waals surface area (Å²) in [4.78, 5) is 35.9. The third-order valence-corrected chi connectivity index (χ3v) is 2.78. The van der Waals surface area contributed by atoms with Crippen LogP contribution in [0.3, 0.4) is 0 Å². The summed E-state index contributed by atoms with van der Waals surface area (Å²) >= 11 is 0.